The van der Waals surface area contributed by atoms with Crippen LogP contribution >= 0.6 is 0 Å². The van der Waals surface area contributed by atoms with Crippen molar-refractivity contribution >= 4 is 5.82 Å². The highest BCUT2D eigenvalue weighted by molar-refractivity contribution is 5.39. The summed E-state index contributed by atoms with van der Waals surface area (Å²) < 4.78 is 0. The average Bonchev–Trinajstić information content (AvgIpc) is 2.39. The standard InChI is InChI=1S/C11H14N6/c12-11-8(2-1-4-15-11)6-10(17-13)9-3-5-14-7-16-9/h1-5,7,10,17H,6,13H2,(H2,12,15). The van der Waals surface area contributed by atoms with Crippen molar-refractivity contribution in [3.05, 3.63) is 48.2 Å². The van der Waals surface area contributed by atoms with Crippen LogP contribution in [0.3, 0.4) is 0 Å². The van der Waals surface area contributed by atoms with Gasteiger partial charge in [0.25, 0.3) is 0 Å². The lowest BCUT2D eigenvalue weighted by Gasteiger charge is -2.15. The maximum absolute atomic E-state index is 5.79. The van der Waals surface area contributed by atoms with Gasteiger partial charge in [0.2, 0.25) is 0 Å². The zero-order valence-electron chi connectivity index (χ0n) is 9.24. The Labute approximate surface area is 99.1 Å². The maximum Gasteiger partial charge on any atom is 0.126 e. The lowest BCUT2D eigenvalue weighted by atomic mass is 10.0. The minimum atomic E-state index is -0.107. The van der Waals surface area contributed by atoms with E-state index >= 15 is 0 Å². The molecule has 0 radical (unpaired) electrons. The third-order valence-corrected chi connectivity index (χ3v) is 2.51. The summed E-state index contributed by atoms with van der Waals surface area (Å²) in [4.78, 5) is 12.1. The summed E-state index contributed by atoms with van der Waals surface area (Å²) in [6.45, 7) is 0. The molecule has 0 aromatic carbocycles. The zero-order chi connectivity index (χ0) is 12.1. The van der Waals surface area contributed by atoms with E-state index in [9.17, 15) is 0 Å². The van der Waals surface area contributed by atoms with Crippen molar-refractivity contribution < 1.29 is 0 Å². The van der Waals surface area contributed by atoms with E-state index in [4.69, 9.17) is 11.6 Å². The molecule has 6 heteroatoms. The van der Waals surface area contributed by atoms with E-state index in [1.807, 2.05) is 18.2 Å². The summed E-state index contributed by atoms with van der Waals surface area (Å²) in [5.41, 5.74) is 10.3. The number of nitrogens with two attached hydrogens (primary N) is 2. The smallest absolute Gasteiger partial charge is 0.126 e. The number of pyridine rings is 1. The minimum absolute atomic E-state index is 0.107. The van der Waals surface area contributed by atoms with Crippen LogP contribution in [-0.2, 0) is 6.42 Å². The molecular formula is C11H14N6. The van der Waals surface area contributed by atoms with E-state index in [1.165, 1.54) is 6.33 Å². The van der Waals surface area contributed by atoms with Crippen molar-refractivity contribution in [3.63, 3.8) is 0 Å². The fourth-order valence-electron chi connectivity index (χ4n) is 1.60. The highest BCUT2D eigenvalue weighted by Gasteiger charge is 2.13. The lowest BCUT2D eigenvalue weighted by Crippen LogP contribution is -2.30. The molecule has 0 bridgehead atoms. The van der Waals surface area contributed by atoms with Gasteiger partial charge in [0, 0.05) is 12.4 Å². The first-order valence-corrected chi connectivity index (χ1v) is 5.22. The van der Waals surface area contributed by atoms with Crippen LogP contribution in [0.15, 0.2) is 36.9 Å². The van der Waals surface area contributed by atoms with Crippen LogP contribution in [0.1, 0.15) is 17.3 Å². The molecule has 0 aliphatic carbocycles. The van der Waals surface area contributed by atoms with Crippen LogP contribution in [0.5, 0.6) is 0 Å². The molecule has 2 rings (SSSR count). The van der Waals surface area contributed by atoms with Crippen molar-refractivity contribution in [2.24, 2.45) is 5.84 Å². The zero-order valence-corrected chi connectivity index (χ0v) is 9.24. The Balaban J connectivity index is 2.19. The minimum Gasteiger partial charge on any atom is -0.383 e. The van der Waals surface area contributed by atoms with Gasteiger partial charge in [-0.15, -0.1) is 0 Å². The first-order chi connectivity index (χ1) is 8.31. The highest BCUT2D eigenvalue weighted by Crippen LogP contribution is 2.17. The third-order valence-electron chi connectivity index (χ3n) is 2.51. The van der Waals surface area contributed by atoms with E-state index in [0.717, 1.165) is 11.3 Å². The van der Waals surface area contributed by atoms with Crippen LogP contribution < -0.4 is 17.0 Å². The van der Waals surface area contributed by atoms with Crippen molar-refractivity contribution in [2.45, 2.75) is 12.5 Å². The second-order valence-electron chi connectivity index (χ2n) is 3.61. The van der Waals surface area contributed by atoms with E-state index in [-0.39, 0.29) is 6.04 Å². The Morgan fingerprint density at radius 2 is 2.12 bits per heavy atom. The predicted molar refractivity (Wildman–Crippen MR) is 64.4 cm³/mol. The van der Waals surface area contributed by atoms with Crippen LogP contribution in [-0.4, -0.2) is 15.0 Å². The number of hydrogen-bond donors (Lipinski definition) is 3. The van der Waals surface area contributed by atoms with Gasteiger partial charge < -0.3 is 5.73 Å². The quantitative estimate of drug-likeness (QED) is 0.512. The maximum atomic E-state index is 5.79. The summed E-state index contributed by atoms with van der Waals surface area (Å²) in [6.07, 6.45) is 5.47. The molecule has 1 atom stereocenters. The summed E-state index contributed by atoms with van der Waals surface area (Å²) in [6, 6.07) is 5.48. The van der Waals surface area contributed by atoms with E-state index < -0.39 is 0 Å². The molecule has 0 aliphatic rings. The van der Waals surface area contributed by atoms with Crippen molar-refractivity contribution in [2.75, 3.05) is 5.73 Å². The molecule has 88 valence electrons. The van der Waals surface area contributed by atoms with E-state index in [1.54, 1.807) is 12.4 Å². The summed E-state index contributed by atoms with van der Waals surface area (Å²) >= 11 is 0. The van der Waals surface area contributed by atoms with E-state index in [2.05, 4.69) is 20.4 Å². The topological polar surface area (TPSA) is 103 Å². The number of hydrazine groups is 1. The molecule has 0 amide bonds. The first-order valence-electron chi connectivity index (χ1n) is 5.22. The van der Waals surface area contributed by atoms with Gasteiger partial charge in [0.15, 0.2) is 0 Å². The molecule has 0 fully saturated rings. The van der Waals surface area contributed by atoms with Gasteiger partial charge in [-0.3, -0.25) is 11.3 Å². The van der Waals surface area contributed by atoms with Crippen LogP contribution in [0.4, 0.5) is 5.82 Å². The molecule has 2 aromatic rings. The third kappa shape index (κ3) is 2.74. The number of nitrogens with one attached hydrogen (secondary N) is 1. The molecule has 1 unspecified atom stereocenters. The molecule has 0 aliphatic heterocycles. The van der Waals surface area contributed by atoms with Crippen LogP contribution in [0, 0.1) is 0 Å². The van der Waals surface area contributed by atoms with Gasteiger partial charge in [0.05, 0.1) is 11.7 Å². The van der Waals surface area contributed by atoms with Gasteiger partial charge in [0.1, 0.15) is 12.1 Å². The Bertz CT molecular complexity index is 472. The number of hydrogen-bond acceptors (Lipinski definition) is 6. The molecule has 5 N–H and O–H groups in total. The summed E-state index contributed by atoms with van der Waals surface area (Å²) in [7, 11) is 0. The van der Waals surface area contributed by atoms with Crippen molar-refractivity contribution in [1.82, 2.24) is 20.4 Å². The Kier molecular flexibility index (Phi) is 3.59. The molecule has 2 heterocycles. The molecule has 0 saturated heterocycles. The van der Waals surface area contributed by atoms with Gasteiger partial charge in [-0.2, -0.15) is 0 Å². The molecule has 6 nitrogen and oxygen atoms in total. The Hall–Kier alpha value is -2.05. The van der Waals surface area contributed by atoms with Gasteiger partial charge in [-0.05, 0) is 24.1 Å². The van der Waals surface area contributed by atoms with Gasteiger partial charge in [-0.25, -0.2) is 15.0 Å². The SMILES string of the molecule is NNC(Cc1cccnc1N)c1ccncn1. The first kappa shape index (κ1) is 11.4. The predicted octanol–water partition coefficient (Wildman–Crippen LogP) is 0.201. The Morgan fingerprint density at radius 3 is 2.76 bits per heavy atom. The molecule has 0 spiro atoms. The Morgan fingerprint density at radius 1 is 1.24 bits per heavy atom. The van der Waals surface area contributed by atoms with E-state index in [0.29, 0.717) is 12.2 Å². The molecule has 0 saturated carbocycles. The number of nitrogen functional groups attached to an aromatic ring is 1. The number of aromatic nitrogens is 3. The molecule has 2 aromatic heterocycles. The van der Waals surface area contributed by atoms with Crippen LogP contribution in [0.25, 0.3) is 0 Å². The van der Waals surface area contributed by atoms with Crippen molar-refractivity contribution in [3.8, 4) is 0 Å². The van der Waals surface area contributed by atoms with Crippen LogP contribution in [0.2, 0.25) is 0 Å². The molecule has 17 heavy (non-hydrogen) atoms. The number of anilines is 1. The largest absolute Gasteiger partial charge is 0.383 e. The van der Waals surface area contributed by atoms with Gasteiger partial charge >= 0.3 is 0 Å². The average molecular weight is 230 g/mol. The highest BCUT2D eigenvalue weighted by atomic mass is 15.2. The number of rotatable bonds is 4. The summed E-state index contributed by atoms with van der Waals surface area (Å²) in [5.74, 6) is 6.05. The fourth-order valence-corrected chi connectivity index (χ4v) is 1.60. The second-order valence-corrected chi connectivity index (χ2v) is 3.61. The monoisotopic (exact) mass is 230 g/mol. The fraction of sp³-hybridized carbons (Fsp3) is 0.182. The second kappa shape index (κ2) is 5.33. The van der Waals surface area contributed by atoms with Crippen molar-refractivity contribution in [1.29, 1.82) is 0 Å². The lowest BCUT2D eigenvalue weighted by molar-refractivity contribution is 0.537. The molecular weight excluding hydrogens is 216 g/mol. The van der Waals surface area contributed by atoms with Gasteiger partial charge in [-0.1, -0.05) is 6.07 Å². The summed E-state index contributed by atoms with van der Waals surface area (Å²) in [5, 5.41) is 0. The number of nitrogens with zero attached hydrogens (tertiary/aromatic N) is 3. The normalized spacial score (nSPS) is 12.3.